The van der Waals surface area contributed by atoms with E-state index in [1.54, 1.807) is 28.9 Å². The van der Waals surface area contributed by atoms with Gasteiger partial charge in [-0.1, -0.05) is 12.1 Å². The van der Waals surface area contributed by atoms with Crippen LogP contribution in [0.1, 0.15) is 22.1 Å². The lowest BCUT2D eigenvalue weighted by Crippen LogP contribution is -2.51. The zero-order chi connectivity index (χ0) is 17.1. The standard InChI is InChI=1S/C16H17FN4O3/c1-11-18-19-15(24-11)16(23)21-8-6-20(7-9-21)14(22)10-12-2-4-13(17)5-3-12/h2-5H,6-10H2,1H3. The molecule has 126 valence electrons. The predicted molar refractivity (Wildman–Crippen MR) is 81.6 cm³/mol. The minimum atomic E-state index is -0.324. The van der Waals surface area contributed by atoms with Crippen LogP contribution in [0.3, 0.4) is 0 Å². The second-order valence-electron chi connectivity index (χ2n) is 5.60. The van der Waals surface area contributed by atoms with E-state index in [-0.39, 0.29) is 29.9 Å². The Balaban J connectivity index is 1.53. The molecular formula is C16H17FN4O3. The van der Waals surface area contributed by atoms with E-state index in [2.05, 4.69) is 10.2 Å². The first-order valence-corrected chi connectivity index (χ1v) is 7.64. The Morgan fingerprint density at radius 3 is 2.29 bits per heavy atom. The van der Waals surface area contributed by atoms with E-state index in [1.165, 1.54) is 12.1 Å². The SMILES string of the molecule is Cc1nnc(C(=O)N2CCN(C(=O)Cc3ccc(F)cc3)CC2)o1. The monoisotopic (exact) mass is 332 g/mol. The molecule has 0 aliphatic carbocycles. The van der Waals surface area contributed by atoms with Gasteiger partial charge in [-0.3, -0.25) is 9.59 Å². The highest BCUT2D eigenvalue weighted by Crippen LogP contribution is 2.11. The summed E-state index contributed by atoms with van der Waals surface area (Å²) < 4.78 is 18.0. The Morgan fingerprint density at radius 2 is 1.71 bits per heavy atom. The van der Waals surface area contributed by atoms with Gasteiger partial charge in [0.2, 0.25) is 11.8 Å². The maximum absolute atomic E-state index is 12.9. The normalized spacial score (nSPS) is 14.8. The molecule has 1 aliphatic rings. The Hall–Kier alpha value is -2.77. The van der Waals surface area contributed by atoms with Gasteiger partial charge in [0, 0.05) is 33.1 Å². The van der Waals surface area contributed by atoms with E-state index in [4.69, 9.17) is 4.42 Å². The summed E-state index contributed by atoms with van der Waals surface area (Å²) in [6.07, 6.45) is 0.219. The van der Waals surface area contributed by atoms with Gasteiger partial charge in [0.1, 0.15) is 5.82 Å². The number of hydrogen-bond donors (Lipinski definition) is 0. The van der Waals surface area contributed by atoms with Crippen molar-refractivity contribution in [3.8, 4) is 0 Å². The van der Waals surface area contributed by atoms with Gasteiger partial charge >= 0.3 is 11.8 Å². The summed E-state index contributed by atoms with van der Waals surface area (Å²) in [6, 6.07) is 5.88. The number of rotatable bonds is 3. The molecule has 2 aromatic rings. The van der Waals surface area contributed by atoms with Gasteiger partial charge in [0.15, 0.2) is 0 Å². The van der Waals surface area contributed by atoms with Gasteiger partial charge in [-0.25, -0.2) is 4.39 Å². The highest BCUT2D eigenvalue weighted by Gasteiger charge is 2.27. The molecule has 8 heteroatoms. The molecule has 0 unspecified atom stereocenters. The minimum absolute atomic E-state index is 0.0291. The molecule has 0 N–H and O–H groups in total. The van der Waals surface area contributed by atoms with E-state index >= 15 is 0 Å². The number of carbonyl (C=O) groups excluding carboxylic acids is 2. The topological polar surface area (TPSA) is 79.5 Å². The number of nitrogens with zero attached hydrogens (tertiary/aromatic N) is 4. The van der Waals surface area contributed by atoms with Crippen molar-refractivity contribution < 1.29 is 18.4 Å². The van der Waals surface area contributed by atoms with Crippen molar-refractivity contribution in [2.75, 3.05) is 26.2 Å². The molecule has 0 atom stereocenters. The second-order valence-corrected chi connectivity index (χ2v) is 5.60. The summed E-state index contributed by atoms with van der Waals surface area (Å²) in [5.74, 6) is -0.372. The quantitative estimate of drug-likeness (QED) is 0.839. The van der Waals surface area contributed by atoms with Crippen molar-refractivity contribution in [2.24, 2.45) is 0 Å². The van der Waals surface area contributed by atoms with Gasteiger partial charge < -0.3 is 14.2 Å². The van der Waals surface area contributed by atoms with Crippen molar-refractivity contribution >= 4 is 11.8 Å². The lowest BCUT2D eigenvalue weighted by Gasteiger charge is -2.34. The average Bonchev–Trinajstić information content (AvgIpc) is 3.03. The van der Waals surface area contributed by atoms with Crippen LogP contribution >= 0.6 is 0 Å². The third-order valence-corrected chi connectivity index (χ3v) is 3.90. The lowest BCUT2D eigenvalue weighted by molar-refractivity contribution is -0.131. The molecule has 1 aromatic carbocycles. The molecule has 3 rings (SSSR count). The number of halogens is 1. The molecule has 0 saturated carbocycles. The smallest absolute Gasteiger partial charge is 0.311 e. The van der Waals surface area contributed by atoms with Gasteiger partial charge in [-0.15, -0.1) is 10.2 Å². The molecule has 0 bridgehead atoms. The maximum atomic E-state index is 12.9. The van der Waals surface area contributed by atoms with Crippen LogP contribution in [-0.4, -0.2) is 58.0 Å². The fraction of sp³-hybridized carbons (Fsp3) is 0.375. The largest absolute Gasteiger partial charge is 0.417 e. The van der Waals surface area contributed by atoms with Crippen LogP contribution in [0, 0.1) is 12.7 Å². The molecule has 1 saturated heterocycles. The van der Waals surface area contributed by atoms with Crippen LogP contribution in [0.5, 0.6) is 0 Å². The highest BCUT2D eigenvalue weighted by atomic mass is 19.1. The van der Waals surface area contributed by atoms with E-state index in [1.807, 2.05) is 0 Å². The summed E-state index contributed by atoms with van der Waals surface area (Å²) in [6.45, 7) is 3.33. The Morgan fingerprint density at radius 1 is 1.08 bits per heavy atom. The maximum Gasteiger partial charge on any atom is 0.311 e. The van der Waals surface area contributed by atoms with Crippen LogP contribution in [-0.2, 0) is 11.2 Å². The number of amides is 2. The Kier molecular flexibility index (Phi) is 4.54. The minimum Gasteiger partial charge on any atom is -0.417 e. The van der Waals surface area contributed by atoms with Crippen LogP contribution in [0.15, 0.2) is 28.7 Å². The number of carbonyl (C=O) groups is 2. The molecule has 7 nitrogen and oxygen atoms in total. The lowest BCUT2D eigenvalue weighted by atomic mass is 10.1. The number of benzene rings is 1. The molecule has 1 aromatic heterocycles. The first-order chi connectivity index (χ1) is 11.5. The van der Waals surface area contributed by atoms with Crippen LogP contribution in [0.25, 0.3) is 0 Å². The van der Waals surface area contributed by atoms with Crippen LogP contribution in [0.2, 0.25) is 0 Å². The summed E-state index contributed by atoms with van der Waals surface area (Å²) >= 11 is 0. The van der Waals surface area contributed by atoms with E-state index in [9.17, 15) is 14.0 Å². The molecule has 2 heterocycles. The fourth-order valence-electron chi connectivity index (χ4n) is 2.57. The zero-order valence-electron chi connectivity index (χ0n) is 13.2. The van der Waals surface area contributed by atoms with Gasteiger partial charge in [-0.05, 0) is 17.7 Å². The van der Waals surface area contributed by atoms with Gasteiger partial charge in [-0.2, -0.15) is 0 Å². The molecule has 1 fully saturated rings. The molecule has 0 spiro atoms. The molecule has 0 radical (unpaired) electrons. The fourth-order valence-corrected chi connectivity index (χ4v) is 2.57. The van der Waals surface area contributed by atoms with Gasteiger partial charge in [0.25, 0.3) is 0 Å². The van der Waals surface area contributed by atoms with Crippen LogP contribution < -0.4 is 0 Å². The highest BCUT2D eigenvalue weighted by molar-refractivity contribution is 5.89. The van der Waals surface area contributed by atoms with E-state index < -0.39 is 0 Å². The Labute approximate surface area is 138 Å². The number of piperazine rings is 1. The predicted octanol–water partition coefficient (Wildman–Crippen LogP) is 1.04. The van der Waals surface area contributed by atoms with E-state index in [0.29, 0.717) is 32.1 Å². The summed E-state index contributed by atoms with van der Waals surface area (Å²) in [5.41, 5.74) is 0.765. The number of hydrogen-bond acceptors (Lipinski definition) is 5. The zero-order valence-corrected chi connectivity index (χ0v) is 13.2. The van der Waals surface area contributed by atoms with Crippen molar-refractivity contribution in [1.29, 1.82) is 0 Å². The number of aryl methyl sites for hydroxylation is 1. The third-order valence-electron chi connectivity index (χ3n) is 3.90. The van der Waals surface area contributed by atoms with Crippen LogP contribution in [0.4, 0.5) is 4.39 Å². The van der Waals surface area contributed by atoms with Crippen molar-refractivity contribution in [2.45, 2.75) is 13.3 Å². The van der Waals surface area contributed by atoms with Gasteiger partial charge in [0.05, 0.1) is 6.42 Å². The molecular weight excluding hydrogens is 315 g/mol. The van der Waals surface area contributed by atoms with Crippen molar-refractivity contribution in [3.05, 3.63) is 47.4 Å². The number of aromatic nitrogens is 2. The molecule has 1 aliphatic heterocycles. The summed E-state index contributed by atoms with van der Waals surface area (Å²) in [4.78, 5) is 27.8. The third kappa shape index (κ3) is 3.58. The van der Waals surface area contributed by atoms with Crippen molar-refractivity contribution in [3.63, 3.8) is 0 Å². The summed E-state index contributed by atoms with van der Waals surface area (Å²) in [7, 11) is 0. The first kappa shape index (κ1) is 16.1. The molecule has 2 amide bonds. The Bertz CT molecular complexity index is 736. The van der Waals surface area contributed by atoms with E-state index in [0.717, 1.165) is 5.56 Å². The first-order valence-electron chi connectivity index (χ1n) is 7.64. The second kappa shape index (κ2) is 6.77. The summed E-state index contributed by atoms with van der Waals surface area (Å²) in [5, 5.41) is 7.36. The molecule has 24 heavy (non-hydrogen) atoms. The van der Waals surface area contributed by atoms with Crippen molar-refractivity contribution in [1.82, 2.24) is 20.0 Å². The average molecular weight is 332 g/mol.